The zero-order valence-electron chi connectivity index (χ0n) is 34.0. The number of carbonyl (C=O) groups is 1. The summed E-state index contributed by atoms with van der Waals surface area (Å²) in [7, 11) is 1.50. The molecule has 0 saturated heterocycles. The molecule has 0 aromatic rings. The molecule has 302 valence electrons. The molecule has 8 nitrogen and oxygen atoms in total. The molecule has 0 aliphatic rings. The van der Waals surface area contributed by atoms with Crippen molar-refractivity contribution in [2.45, 2.75) is 167 Å². The molecule has 1 amide bonds. The number of phosphoric ester groups is 1. The lowest BCUT2D eigenvalue weighted by atomic mass is 10.1. The van der Waals surface area contributed by atoms with E-state index in [1.807, 2.05) is 33.3 Å². The summed E-state index contributed by atoms with van der Waals surface area (Å²) in [5.41, 5.74) is 0. The van der Waals surface area contributed by atoms with Crippen molar-refractivity contribution in [3.63, 3.8) is 0 Å². The number of hydrogen-bond donors (Lipinski definition) is 3. The van der Waals surface area contributed by atoms with Crippen molar-refractivity contribution in [3.8, 4) is 0 Å². The molecule has 0 aromatic heterocycles. The third-order valence-corrected chi connectivity index (χ3v) is 9.69. The molecular weight excluding hydrogens is 671 g/mol. The quantitative estimate of drug-likeness (QED) is 0.0255. The molecule has 0 radical (unpaired) electrons. The predicted molar refractivity (Wildman–Crippen MR) is 221 cm³/mol. The van der Waals surface area contributed by atoms with Gasteiger partial charge < -0.3 is 19.8 Å². The first-order valence-electron chi connectivity index (χ1n) is 20.7. The van der Waals surface area contributed by atoms with Crippen LogP contribution in [0.15, 0.2) is 60.8 Å². The Labute approximate surface area is 320 Å². The summed E-state index contributed by atoms with van der Waals surface area (Å²) >= 11 is 0. The summed E-state index contributed by atoms with van der Waals surface area (Å²) in [5.74, 6) is -0.262. The number of phosphoric acid groups is 1. The molecule has 0 heterocycles. The number of rotatable bonds is 36. The Morgan fingerprint density at radius 3 is 1.65 bits per heavy atom. The van der Waals surface area contributed by atoms with Gasteiger partial charge in [-0.25, -0.2) is 4.57 Å². The average Bonchev–Trinajstić information content (AvgIpc) is 3.09. The number of aliphatic hydroxyl groups excluding tert-OH is 1. The molecule has 52 heavy (non-hydrogen) atoms. The number of allylic oxidation sites excluding steroid dienone is 9. The third kappa shape index (κ3) is 36.6. The Hall–Kier alpha value is -1.80. The van der Waals surface area contributed by atoms with Crippen LogP contribution in [0.3, 0.4) is 0 Å². The van der Waals surface area contributed by atoms with E-state index in [1.54, 1.807) is 6.08 Å². The lowest BCUT2D eigenvalue weighted by molar-refractivity contribution is -0.870. The van der Waals surface area contributed by atoms with Gasteiger partial charge in [-0.05, 0) is 64.2 Å². The molecule has 0 aromatic carbocycles. The van der Waals surface area contributed by atoms with Gasteiger partial charge in [-0.15, -0.1) is 0 Å². The van der Waals surface area contributed by atoms with E-state index in [-0.39, 0.29) is 25.5 Å². The molecule has 3 N–H and O–H groups in total. The van der Waals surface area contributed by atoms with Crippen LogP contribution in [0, 0.1) is 0 Å². The number of unbranched alkanes of at least 4 members (excludes halogenated alkanes) is 15. The summed E-state index contributed by atoms with van der Waals surface area (Å²) in [5, 5.41) is 13.7. The van der Waals surface area contributed by atoms with Crippen LogP contribution in [0.1, 0.15) is 155 Å². The monoisotopic (exact) mass is 752 g/mol. The molecule has 3 unspecified atom stereocenters. The highest BCUT2D eigenvalue weighted by molar-refractivity contribution is 7.47. The minimum Gasteiger partial charge on any atom is -0.387 e. The second-order valence-corrected chi connectivity index (χ2v) is 16.4. The molecule has 0 aliphatic carbocycles. The Bertz CT molecular complexity index is 1030. The van der Waals surface area contributed by atoms with Crippen LogP contribution >= 0.6 is 7.82 Å². The molecular formula is C43H80N2O6P+. The van der Waals surface area contributed by atoms with Crippen molar-refractivity contribution in [3.05, 3.63) is 60.8 Å². The van der Waals surface area contributed by atoms with Crippen LogP contribution in [-0.2, 0) is 18.4 Å². The number of amides is 1. The van der Waals surface area contributed by atoms with Gasteiger partial charge in [-0.3, -0.25) is 13.8 Å². The number of likely N-dealkylation sites (N-methyl/N-ethyl adjacent to an activating group) is 1. The summed E-state index contributed by atoms with van der Waals surface area (Å²) in [6.07, 6.45) is 44.5. The molecule has 0 rings (SSSR count). The van der Waals surface area contributed by atoms with Gasteiger partial charge >= 0.3 is 7.82 Å². The van der Waals surface area contributed by atoms with Crippen LogP contribution in [-0.4, -0.2) is 73.4 Å². The number of nitrogens with zero attached hydrogens (tertiary/aromatic N) is 1. The fourth-order valence-electron chi connectivity index (χ4n) is 5.36. The Morgan fingerprint density at radius 1 is 0.654 bits per heavy atom. The van der Waals surface area contributed by atoms with Gasteiger partial charge in [0.25, 0.3) is 0 Å². The summed E-state index contributed by atoms with van der Waals surface area (Å²) in [4.78, 5) is 23.0. The van der Waals surface area contributed by atoms with Crippen LogP contribution in [0.2, 0.25) is 0 Å². The smallest absolute Gasteiger partial charge is 0.387 e. The molecule has 0 aliphatic heterocycles. The molecule has 0 spiro atoms. The predicted octanol–water partition coefficient (Wildman–Crippen LogP) is 11.1. The van der Waals surface area contributed by atoms with Crippen LogP contribution in [0.25, 0.3) is 0 Å². The zero-order valence-corrected chi connectivity index (χ0v) is 34.9. The largest absolute Gasteiger partial charge is 0.472 e. The molecule has 0 bridgehead atoms. The average molecular weight is 752 g/mol. The van der Waals surface area contributed by atoms with E-state index >= 15 is 0 Å². The van der Waals surface area contributed by atoms with Gasteiger partial charge in [0, 0.05) is 6.42 Å². The summed E-state index contributed by atoms with van der Waals surface area (Å²) < 4.78 is 23.4. The number of quaternary nitrogens is 1. The molecule has 3 atom stereocenters. The highest BCUT2D eigenvalue weighted by Gasteiger charge is 2.27. The number of aliphatic hydroxyl groups is 1. The van der Waals surface area contributed by atoms with E-state index in [1.165, 1.54) is 89.9 Å². The fraction of sp³-hybridized carbons (Fsp3) is 0.744. The van der Waals surface area contributed by atoms with Gasteiger partial charge in [-0.2, -0.15) is 0 Å². The Morgan fingerprint density at radius 2 is 1.12 bits per heavy atom. The van der Waals surface area contributed by atoms with Crippen LogP contribution in [0.5, 0.6) is 0 Å². The van der Waals surface area contributed by atoms with Gasteiger partial charge in [0.05, 0.1) is 39.9 Å². The highest BCUT2D eigenvalue weighted by atomic mass is 31.2. The Kier molecular flexibility index (Phi) is 33.7. The minimum atomic E-state index is -4.36. The van der Waals surface area contributed by atoms with Crippen molar-refractivity contribution in [2.75, 3.05) is 40.9 Å². The maximum Gasteiger partial charge on any atom is 0.472 e. The standard InChI is InChI=1S/C43H79N2O6P/c1-6-8-10-12-14-16-18-20-21-22-23-25-26-28-30-32-34-36-42(46)41(40-51-52(48,49)50-39-38-45(3,4)5)44-43(47)37-35-33-31-29-27-24-19-17-15-13-11-9-7-2/h21-22,24,26-28,31,33-34,36,41-42,46H,6-20,23,25,29-30,32,35,37-40H2,1-5H3,(H-,44,47,48,49)/p+1/b22-21+,27-24-,28-26+,33-31-,36-34+. The molecule has 0 saturated carbocycles. The van der Waals surface area contributed by atoms with Crippen molar-refractivity contribution in [2.24, 2.45) is 0 Å². The van der Waals surface area contributed by atoms with Crippen molar-refractivity contribution in [1.29, 1.82) is 0 Å². The topological polar surface area (TPSA) is 105 Å². The van der Waals surface area contributed by atoms with Gasteiger partial charge in [0.2, 0.25) is 5.91 Å². The highest BCUT2D eigenvalue weighted by Crippen LogP contribution is 2.43. The maximum absolute atomic E-state index is 12.8. The zero-order chi connectivity index (χ0) is 38.6. The third-order valence-electron chi connectivity index (χ3n) is 8.70. The first-order valence-corrected chi connectivity index (χ1v) is 22.2. The van der Waals surface area contributed by atoms with Crippen molar-refractivity contribution in [1.82, 2.24) is 5.32 Å². The lowest BCUT2D eigenvalue weighted by Gasteiger charge is -2.25. The second-order valence-electron chi connectivity index (χ2n) is 15.0. The fourth-order valence-corrected chi connectivity index (χ4v) is 6.09. The van der Waals surface area contributed by atoms with Crippen LogP contribution in [0.4, 0.5) is 0 Å². The summed E-state index contributed by atoms with van der Waals surface area (Å²) in [6, 6.07) is -0.900. The summed E-state index contributed by atoms with van der Waals surface area (Å²) in [6.45, 7) is 4.70. The maximum atomic E-state index is 12.8. The van der Waals surface area contributed by atoms with Gasteiger partial charge in [0.1, 0.15) is 13.2 Å². The SMILES string of the molecule is CCCCCCCC/C=C\C/C=C\CCC(=O)NC(COP(=O)(O)OCC[N+](C)(C)C)C(O)/C=C/CC/C=C/CC/C=C/CCCCCCCCC. The normalized spacial score (nSPS) is 15.1. The van der Waals surface area contributed by atoms with Crippen molar-refractivity contribution < 1.29 is 32.9 Å². The van der Waals surface area contributed by atoms with E-state index in [9.17, 15) is 19.4 Å². The lowest BCUT2D eigenvalue weighted by Crippen LogP contribution is -2.45. The van der Waals surface area contributed by atoms with Gasteiger partial charge in [0.15, 0.2) is 0 Å². The number of nitrogens with one attached hydrogen (secondary N) is 1. The Balaban J connectivity index is 4.66. The first kappa shape index (κ1) is 50.2. The van der Waals surface area contributed by atoms with E-state index < -0.39 is 20.0 Å². The molecule has 0 fully saturated rings. The van der Waals surface area contributed by atoms with Crippen LogP contribution < -0.4 is 5.32 Å². The molecule has 9 heteroatoms. The van der Waals surface area contributed by atoms with E-state index in [0.717, 1.165) is 38.5 Å². The van der Waals surface area contributed by atoms with Gasteiger partial charge in [-0.1, -0.05) is 145 Å². The number of carbonyl (C=O) groups excluding carboxylic acids is 1. The number of hydrogen-bond acceptors (Lipinski definition) is 5. The first-order chi connectivity index (χ1) is 25.0. The van der Waals surface area contributed by atoms with E-state index in [2.05, 4.69) is 61.7 Å². The van der Waals surface area contributed by atoms with E-state index in [0.29, 0.717) is 17.4 Å². The minimum absolute atomic E-state index is 0.0421. The van der Waals surface area contributed by atoms with E-state index in [4.69, 9.17) is 9.05 Å². The van der Waals surface area contributed by atoms with Crippen molar-refractivity contribution >= 4 is 13.7 Å². The second kappa shape index (κ2) is 34.9.